The van der Waals surface area contributed by atoms with Crippen LogP contribution < -0.4 is 14.4 Å². The molecule has 2 aliphatic rings. The third kappa shape index (κ3) is 6.80. The molecule has 1 aromatic heterocycles. The normalized spacial score (nSPS) is 21.1. The van der Waals surface area contributed by atoms with Gasteiger partial charge in [0.25, 0.3) is 0 Å². The Labute approximate surface area is 225 Å². The van der Waals surface area contributed by atoms with E-state index in [0.29, 0.717) is 24.7 Å². The SMILES string of the molecule is CCOc1cc2c(cc1OC)C(c1cnc(N(C)C)nc1)=N[C@@H]1CC[C@@H](O)C[C@H]21.O=C(O)C(O)C(O)C(=O)O. The second-order valence-corrected chi connectivity index (χ2v) is 9.37. The van der Waals surface area contributed by atoms with Gasteiger partial charge in [-0.3, -0.25) is 4.99 Å². The van der Waals surface area contributed by atoms with Gasteiger partial charge in [-0.25, -0.2) is 19.6 Å². The standard InChI is InChI=1S/C22H28N4O3.C4H6O6/c1-5-29-20-9-15-16-8-14(27)6-7-18(16)25-21(17(15)10-19(20)28-4)13-11-23-22(24-12-13)26(2)3;5-1(3(7)8)2(6)4(9)10/h9-12,14,16,18,27H,5-8H2,1-4H3;1-2,5-6H,(H,7,8)(H,9,10)/t14-,16-,18-;/m1./s1. The lowest BCUT2D eigenvalue weighted by Gasteiger charge is -2.37. The van der Waals surface area contributed by atoms with Crippen LogP contribution in [0.5, 0.6) is 11.5 Å². The van der Waals surface area contributed by atoms with Gasteiger partial charge in [-0.2, -0.15) is 0 Å². The summed E-state index contributed by atoms with van der Waals surface area (Å²) in [6.07, 6.45) is 1.18. The third-order valence-electron chi connectivity index (χ3n) is 6.49. The summed E-state index contributed by atoms with van der Waals surface area (Å²) >= 11 is 0. The van der Waals surface area contributed by atoms with Crippen LogP contribution in [0, 0.1) is 0 Å². The number of fused-ring (bicyclic) bond motifs is 3. The molecule has 2 aromatic rings. The van der Waals surface area contributed by atoms with Gasteiger partial charge in [0.1, 0.15) is 0 Å². The van der Waals surface area contributed by atoms with Gasteiger partial charge in [0.2, 0.25) is 5.95 Å². The van der Waals surface area contributed by atoms with Crippen molar-refractivity contribution in [3.05, 3.63) is 41.2 Å². The molecular formula is C26H34N4O9. The molecule has 5 atom stereocenters. The van der Waals surface area contributed by atoms with E-state index in [4.69, 9.17) is 34.9 Å². The minimum atomic E-state index is -2.27. The number of aliphatic carboxylic acids is 2. The van der Waals surface area contributed by atoms with E-state index in [-0.39, 0.29) is 18.1 Å². The van der Waals surface area contributed by atoms with Crippen molar-refractivity contribution in [3.63, 3.8) is 0 Å². The Kier molecular flexibility index (Phi) is 9.78. The Morgan fingerprint density at radius 3 is 2.18 bits per heavy atom. The summed E-state index contributed by atoms with van der Waals surface area (Å²) in [6, 6.07) is 4.20. The largest absolute Gasteiger partial charge is 0.493 e. The highest BCUT2D eigenvalue weighted by molar-refractivity contribution is 6.14. The molecule has 1 aromatic carbocycles. The highest BCUT2D eigenvalue weighted by atomic mass is 16.5. The molecule has 2 unspecified atom stereocenters. The van der Waals surface area contributed by atoms with E-state index < -0.39 is 24.1 Å². The van der Waals surface area contributed by atoms with Crippen molar-refractivity contribution in [1.29, 1.82) is 0 Å². The predicted molar refractivity (Wildman–Crippen MR) is 140 cm³/mol. The number of hydrogen-bond acceptors (Lipinski definition) is 11. The van der Waals surface area contributed by atoms with Crippen LogP contribution in [0.25, 0.3) is 0 Å². The fourth-order valence-corrected chi connectivity index (χ4v) is 4.55. The third-order valence-corrected chi connectivity index (χ3v) is 6.49. The number of anilines is 1. The zero-order valence-corrected chi connectivity index (χ0v) is 22.2. The molecule has 0 radical (unpaired) electrons. The van der Waals surface area contributed by atoms with Crippen LogP contribution in [0.1, 0.15) is 48.8 Å². The summed E-state index contributed by atoms with van der Waals surface area (Å²) in [5.74, 6) is -1.30. The van der Waals surface area contributed by atoms with Crippen molar-refractivity contribution < 1.29 is 44.6 Å². The second kappa shape index (κ2) is 12.8. The number of benzene rings is 1. The number of aliphatic imine (C=N–C) groups is 1. The van der Waals surface area contributed by atoms with Gasteiger partial charge in [-0.1, -0.05) is 0 Å². The van der Waals surface area contributed by atoms with E-state index in [0.717, 1.165) is 41.0 Å². The first-order valence-electron chi connectivity index (χ1n) is 12.4. The summed E-state index contributed by atoms with van der Waals surface area (Å²) in [6.45, 7) is 2.52. The van der Waals surface area contributed by atoms with Crippen LogP contribution in [-0.4, -0.2) is 105 Å². The van der Waals surface area contributed by atoms with Gasteiger partial charge in [0, 0.05) is 43.5 Å². The molecule has 5 N–H and O–H groups in total. The van der Waals surface area contributed by atoms with Crippen LogP contribution in [-0.2, 0) is 9.59 Å². The highest BCUT2D eigenvalue weighted by Crippen LogP contribution is 2.44. The van der Waals surface area contributed by atoms with Crippen molar-refractivity contribution in [2.45, 2.75) is 56.5 Å². The monoisotopic (exact) mass is 546 g/mol. The van der Waals surface area contributed by atoms with E-state index in [9.17, 15) is 14.7 Å². The van der Waals surface area contributed by atoms with E-state index in [1.165, 1.54) is 0 Å². The molecule has 2 heterocycles. The maximum Gasteiger partial charge on any atom is 0.335 e. The highest BCUT2D eigenvalue weighted by Gasteiger charge is 2.37. The summed E-state index contributed by atoms with van der Waals surface area (Å²) in [5, 5.41) is 42.8. The van der Waals surface area contributed by atoms with Crippen molar-refractivity contribution in [1.82, 2.24) is 9.97 Å². The van der Waals surface area contributed by atoms with Crippen LogP contribution in [0.15, 0.2) is 29.5 Å². The number of nitrogens with zero attached hydrogens (tertiary/aromatic N) is 4. The van der Waals surface area contributed by atoms with Gasteiger partial charge >= 0.3 is 11.9 Å². The van der Waals surface area contributed by atoms with Crippen LogP contribution >= 0.6 is 0 Å². The van der Waals surface area contributed by atoms with Crippen LogP contribution in [0.3, 0.4) is 0 Å². The summed E-state index contributed by atoms with van der Waals surface area (Å²) < 4.78 is 11.4. The molecule has 0 bridgehead atoms. The summed E-state index contributed by atoms with van der Waals surface area (Å²) in [5.41, 5.74) is 3.92. The number of methoxy groups -OCH3 is 1. The molecule has 1 saturated carbocycles. The Morgan fingerprint density at radius 1 is 1.05 bits per heavy atom. The van der Waals surface area contributed by atoms with Crippen LogP contribution in [0.4, 0.5) is 5.95 Å². The quantitative estimate of drug-likeness (QED) is 0.311. The number of aromatic nitrogens is 2. The molecule has 1 fully saturated rings. The van der Waals surface area contributed by atoms with Gasteiger partial charge < -0.3 is 39.9 Å². The lowest BCUT2D eigenvalue weighted by Crippen LogP contribution is -2.39. The first-order chi connectivity index (χ1) is 18.5. The van der Waals surface area contributed by atoms with Crippen molar-refractivity contribution in [3.8, 4) is 11.5 Å². The fraction of sp³-hybridized carbons (Fsp3) is 0.500. The zero-order valence-electron chi connectivity index (χ0n) is 22.2. The zero-order chi connectivity index (χ0) is 28.9. The summed E-state index contributed by atoms with van der Waals surface area (Å²) in [4.78, 5) is 35.4. The molecule has 1 aliphatic heterocycles. The van der Waals surface area contributed by atoms with E-state index in [1.807, 2.05) is 44.4 Å². The van der Waals surface area contributed by atoms with Crippen molar-refractivity contribution in [2.24, 2.45) is 4.99 Å². The predicted octanol–water partition coefficient (Wildman–Crippen LogP) is 0.675. The second-order valence-electron chi connectivity index (χ2n) is 9.37. The molecule has 1 aliphatic carbocycles. The van der Waals surface area contributed by atoms with Crippen LogP contribution in [0.2, 0.25) is 0 Å². The number of ether oxygens (including phenoxy) is 2. The molecule has 13 heteroatoms. The Morgan fingerprint density at radius 2 is 1.67 bits per heavy atom. The number of aliphatic hydroxyl groups excluding tert-OH is 3. The molecule has 4 rings (SSSR count). The van der Waals surface area contributed by atoms with E-state index in [2.05, 4.69) is 16.0 Å². The number of rotatable bonds is 8. The smallest absolute Gasteiger partial charge is 0.335 e. The van der Waals surface area contributed by atoms with E-state index in [1.54, 1.807) is 7.11 Å². The molecule has 212 valence electrons. The first-order valence-corrected chi connectivity index (χ1v) is 12.4. The lowest BCUT2D eigenvalue weighted by molar-refractivity contribution is -0.165. The molecule has 0 saturated heterocycles. The number of hydrogen-bond donors (Lipinski definition) is 5. The van der Waals surface area contributed by atoms with Gasteiger partial charge in [0.05, 0.1) is 31.6 Å². The maximum atomic E-state index is 10.3. The van der Waals surface area contributed by atoms with Gasteiger partial charge in [-0.05, 0) is 43.9 Å². The van der Waals surface area contributed by atoms with E-state index >= 15 is 0 Å². The molecule has 39 heavy (non-hydrogen) atoms. The Balaban J connectivity index is 0.000000360. The number of carboxylic acids is 2. The number of carbonyl (C=O) groups is 2. The Hall–Kier alpha value is -3.81. The fourth-order valence-electron chi connectivity index (χ4n) is 4.55. The average molecular weight is 547 g/mol. The molecule has 13 nitrogen and oxygen atoms in total. The lowest BCUT2D eigenvalue weighted by atomic mass is 9.74. The first kappa shape index (κ1) is 29.7. The Bertz CT molecular complexity index is 1180. The molecular weight excluding hydrogens is 512 g/mol. The maximum absolute atomic E-state index is 10.3. The van der Waals surface area contributed by atoms with Gasteiger partial charge in [-0.15, -0.1) is 0 Å². The van der Waals surface area contributed by atoms with Crippen molar-refractivity contribution >= 4 is 23.6 Å². The van der Waals surface area contributed by atoms with Crippen molar-refractivity contribution in [2.75, 3.05) is 32.7 Å². The molecule has 0 amide bonds. The summed E-state index contributed by atoms with van der Waals surface area (Å²) in [7, 11) is 5.48. The minimum Gasteiger partial charge on any atom is -0.493 e. The topological polar surface area (TPSA) is 195 Å². The minimum absolute atomic E-state index is 0.136. The average Bonchev–Trinajstić information content (AvgIpc) is 2.92. The number of aliphatic hydroxyl groups is 3. The number of carboxylic acid groups (broad SMARTS) is 2. The molecule has 0 spiro atoms. The van der Waals surface area contributed by atoms with Gasteiger partial charge in [0.15, 0.2) is 23.7 Å².